The first-order valence-electron chi connectivity index (χ1n) is 8.54. The number of para-hydroxylation sites is 3. The Morgan fingerprint density at radius 2 is 1.86 bits per heavy atom. The molecule has 3 aromatic rings. The molecule has 0 saturated heterocycles. The van der Waals surface area contributed by atoms with E-state index in [1.807, 2.05) is 42.5 Å². The zero-order chi connectivity index (χ0) is 19.8. The number of ether oxygens (including phenoxy) is 2. The van der Waals surface area contributed by atoms with Crippen molar-refractivity contribution in [1.29, 1.82) is 0 Å². The molecule has 0 fully saturated rings. The lowest BCUT2D eigenvalue weighted by atomic mass is 10.1. The number of nitrogens with one attached hydrogen (secondary N) is 2. The third-order valence-corrected chi connectivity index (χ3v) is 4.54. The molecule has 28 heavy (non-hydrogen) atoms. The molecule has 0 aliphatic rings. The number of nitrogens with zero attached hydrogens (tertiary/aromatic N) is 2. The Bertz CT molecular complexity index is 958. The smallest absolute Gasteiger partial charge is 0.325 e. The van der Waals surface area contributed by atoms with Crippen molar-refractivity contribution in [2.75, 3.05) is 17.7 Å². The Morgan fingerprint density at radius 3 is 2.64 bits per heavy atom. The van der Waals surface area contributed by atoms with Gasteiger partial charge in [-0.15, -0.1) is 16.8 Å². The summed E-state index contributed by atoms with van der Waals surface area (Å²) in [6.07, 6.45) is 2.55. The maximum atomic E-state index is 12.2. The van der Waals surface area contributed by atoms with Crippen LogP contribution in [-0.2, 0) is 13.0 Å². The molecular weight excluding hydrogens is 376 g/mol. The predicted molar refractivity (Wildman–Crippen MR) is 110 cm³/mol. The van der Waals surface area contributed by atoms with Gasteiger partial charge in [0.25, 0.3) is 0 Å². The third-order valence-electron chi connectivity index (χ3n) is 3.73. The van der Waals surface area contributed by atoms with E-state index in [0.717, 1.165) is 17.7 Å². The second-order valence-corrected chi connectivity index (χ2v) is 6.73. The Hall–Kier alpha value is -3.39. The number of amides is 2. The van der Waals surface area contributed by atoms with Crippen LogP contribution in [0.3, 0.4) is 0 Å². The Labute approximate surface area is 167 Å². The molecule has 2 amide bonds. The number of anilines is 2. The van der Waals surface area contributed by atoms with E-state index in [4.69, 9.17) is 9.47 Å². The van der Waals surface area contributed by atoms with Gasteiger partial charge in [-0.3, -0.25) is 5.32 Å². The van der Waals surface area contributed by atoms with Crippen LogP contribution in [0.15, 0.2) is 61.2 Å². The summed E-state index contributed by atoms with van der Waals surface area (Å²) >= 11 is 1.25. The molecular formula is C20H20N4O3S. The summed E-state index contributed by atoms with van der Waals surface area (Å²) in [4.78, 5) is 12.2. The third kappa shape index (κ3) is 5.08. The molecule has 2 N–H and O–H groups in total. The van der Waals surface area contributed by atoms with Crippen LogP contribution in [0, 0.1) is 0 Å². The van der Waals surface area contributed by atoms with Crippen molar-refractivity contribution in [3.63, 3.8) is 0 Å². The minimum Gasteiger partial charge on any atom is -0.495 e. The number of benzene rings is 2. The van der Waals surface area contributed by atoms with Crippen LogP contribution in [0.25, 0.3) is 0 Å². The van der Waals surface area contributed by atoms with Crippen molar-refractivity contribution in [3.05, 3.63) is 71.8 Å². The molecule has 7 nitrogen and oxygen atoms in total. The molecule has 0 radical (unpaired) electrons. The van der Waals surface area contributed by atoms with E-state index in [1.165, 1.54) is 11.3 Å². The van der Waals surface area contributed by atoms with Crippen LogP contribution in [-0.4, -0.2) is 23.3 Å². The van der Waals surface area contributed by atoms with Gasteiger partial charge in [-0.2, -0.15) is 0 Å². The van der Waals surface area contributed by atoms with E-state index < -0.39 is 6.03 Å². The summed E-state index contributed by atoms with van der Waals surface area (Å²) < 4.78 is 11.0. The summed E-state index contributed by atoms with van der Waals surface area (Å²) in [5.74, 6) is 1.35. The Balaban J connectivity index is 1.57. The average molecular weight is 396 g/mol. The van der Waals surface area contributed by atoms with Crippen molar-refractivity contribution in [1.82, 2.24) is 10.2 Å². The van der Waals surface area contributed by atoms with Gasteiger partial charge in [0.15, 0.2) is 5.01 Å². The maximum absolute atomic E-state index is 12.2. The highest BCUT2D eigenvalue weighted by Crippen LogP contribution is 2.24. The SMILES string of the molecule is C=CCc1ccccc1OCc1nnc(NC(=O)Nc2ccccc2OC)s1. The molecule has 0 atom stereocenters. The molecule has 144 valence electrons. The molecule has 8 heteroatoms. The normalized spacial score (nSPS) is 10.2. The fourth-order valence-electron chi connectivity index (χ4n) is 2.47. The van der Waals surface area contributed by atoms with E-state index in [-0.39, 0.29) is 6.61 Å². The van der Waals surface area contributed by atoms with Gasteiger partial charge in [0, 0.05) is 0 Å². The maximum Gasteiger partial charge on any atom is 0.325 e. The van der Waals surface area contributed by atoms with E-state index in [1.54, 1.807) is 19.2 Å². The first-order valence-corrected chi connectivity index (χ1v) is 9.36. The van der Waals surface area contributed by atoms with Crippen LogP contribution in [0.1, 0.15) is 10.6 Å². The van der Waals surface area contributed by atoms with Gasteiger partial charge in [-0.25, -0.2) is 4.79 Å². The summed E-state index contributed by atoms with van der Waals surface area (Å²) in [6, 6.07) is 14.5. The molecule has 0 bridgehead atoms. The van der Waals surface area contributed by atoms with Gasteiger partial charge in [0.2, 0.25) is 5.13 Å². The van der Waals surface area contributed by atoms with Crippen molar-refractivity contribution < 1.29 is 14.3 Å². The minimum atomic E-state index is -0.426. The second-order valence-electron chi connectivity index (χ2n) is 5.67. The van der Waals surface area contributed by atoms with Gasteiger partial charge in [0.1, 0.15) is 18.1 Å². The number of hydrogen-bond donors (Lipinski definition) is 2. The number of allylic oxidation sites excluding steroid dienone is 1. The van der Waals surface area contributed by atoms with Crippen LogP contribution >= 0.6 is 11.3 Å². The van der Waals surface area contributed by atoms with Crippen molar-refractivity contribution >= 4 is 28.2 Å². The summed E-state index contributed by atoms with van der Waals surface area (Å²) in [5, 5.41) is 14.5. The Kier molecular flexibility index (Phi) is 6.59. The number of urea groups is 1. The van der Waals surface area contributed by atoms with Gasteiger partial charge < -0.3 is 14.8 Å². The molecule has 0 aliphatic heterocycles. The zero-order valence-electron chi connectivity index (χ0n) is 15.3. The topological polar surface area (TPSA) is 85.4 Å². The average Bonchev–Trinajstić information content (AvgIpc) is 3.15. The van der Waals surface area contributed by atoms with Gasteiger partial charge in [-0.05, 0) is 30.2 Å². The van der Waals surface area contributed by atoms with Crippen LogP contribution < -0.4 is 20.1 Å². The number of hydrogen-bond acceptors (Lipinski definition) is 6. The minimum absolute atomic E-state index is 0.266. The molecule has 0 spiro atoms. The fourth-order valence-corrected chi connectivity index (χ4v) is 3.12. The molecule has 0 unspecified atom stereocenters. The van der Waals surface area contributed by atoms with E-state index in [2.05, 4.69) is 27.4 Å². The fraction of sp³-hybridized carbons (Fsp3) is 0.150. The quantitative estimate of drug-likeness (QED) is 0.548. The Morgan fingerprint density at radius 1 is 1.11 bits per heavy atom. The largest absolute Gasteiger partial charge is 0.495 e. The van der Waals surface area contributed by atoms with E-state index in [0.29, 0.717) is 21.6 Å². The molecule has 3 rings (SSSR count). The van der Waals surface area contributed by atoms with Crippen LogP contribution in [0.2, 0.25) is 0 Å². The van der Waals surface area contributed by atoms with Crippen molar-refractivity contribution in [2.45, 2.75) is 13.0 Å². The van der Waals surface area contributed by atoms with Crippen molar-refractivity contribution in [2.24, 2.45) is 0 Å². The summed E-state index contributed by atoms with van der Waals surface area (Å²) in [7, 11) is 1.54. The lowest BCUT2D eigenvalue weighted by Crippen LogP contribution is -2.19. The van der Waals surface area contributed by atoms with Crippen LogP contribution in [0.5, 0.6) is 11.5 Å². The first kappa shape index (κ1) is 19.4. The lowest BCUT2D eigenvalue weighted by Gasteiger charge is -2.09. The monoisotopic (exact) mass is 396 g/mol. The molecule has 1 aromatic heterocycles. The number of rotatable bonds is 8. The van der Waals surface area contributed by atoms with E-state index >= 15 is 0 Å². The lowest BCUT2D eigenvalue weighted by molar-refractivity contribution is 0.262. The highest BCUT2D eigenvalue weighted by Gasteiger charge is 2.11. The van der Waals surface area contributed by atoms with Gasteiger partial charge in [0.05, 0.1) is 12.8 Å². The number of aromatic nitrogens is 2. The molecule has 0 aliphatic carbocycles. The van der Waals surface area contributed by atoms with Crippen molar-refractivity contribution in [3.8, 4) is 11.5 Å². The van der Waals surface area contributed by atoms with Gasteiger partial charge >= 0.3 is 6.03 Å². The molecule has 0 saturated carbocycles. The molecule has 1 heterocycles. The second kappa shape index (κ2) is 9.52. The van der Waals surface area contributed by atoms with Crippen LogP contribution in [0.4, 0.5) is 15.6 Å². The highest BCUT2D eigenvalue weighted by atomic mass is 32.1. The van der Waals surface area contributed by atoms with Gasteiger partial charge in [-0.1, -0.05) is 47.7 Å². The molecule has 2 aromatic carbocycles. The number of carbonyl (C=O) groups excluding carboxylic acids is 1. The van der Waals surface area contributed by atoms with E-state index in [9.17, 15) is 4.79 Å². The highest BCUT2D eigenvalue weighted by molar-refractivity contribution is 7.15. The first-order chi connectivity index (χ1) is 13.7. The number of methoxy groups -OCH3 is 1. The zero-order valence-corrected chi connectivity index (χ0v) is 16.2. The summed E-state index contributed by atoms with van der Waals surface area (Å²) in [6.45, 7) is 4.02. The summed E-state index contributed by atoms with van der Waals surface area (Å²) in [5.41, 5.74) is 1.62. The standard InChI is InChI=1S/C20H20N4O3S/c1-3-8-14-9-4-6-11-16(14)27-13-18-23-24-20(28-18)22-19(25)21-15-10-5-7-12-17(15)26-2/h3-7,9-12H,1,8,13H2,2H3,(H2,21,22,24,25). The number of carbonyl (C=O) groups is 1. The predicted octanol–water partition coefficient (Wildman–Crippen LogP) is 4.50.